The summed E-state index contributed by atoms with van der Waals surface area (Å²) < 4.78 is 4.63. The summed E-state index contributed by atoms with van der Waals surface area (Å²) in [6.45, 7) is 1.86. The predicted octanol–water partition coefficient (Wildman–Crippen LogP) is 3.92. The number of hydrogen-bond acceptors (Lipinski definition) is 3. The lowest BCUT2D eigenvalue weighted by Crippen LogP contribution is -2.13. The molecule has 0 aromatic heterocycles. The van der Waals surface area contributed by atoms with Crippen LogP contribution in [0.1, 0.15) is 6.92 Å². The SMILES string of the molecule is CCOC(=O)Nc1cc(Cl)c(Cl)c(Cl)c1O. The van der Waals surface area contributed by atoms with Gasteiger partial charge in [0, 0.05) is 0 Å². The summed E-state index contributed by atoms with van der Waals surface area (Å²) in [4.78, 5) is 11.1. The molecule has 2 N–H and O–H groups in total. The molecule has 88 valence electrons. The van der Waals surface area contributed by atoms with Crippen molar-refractivity contribution in [1.29, 1.82) is 0 Å². The highest BCUT2D eigenvalue weighted by molar-refractivity contribution is 6.49. The maximum atomic E-state index is 11.1. The van der Waals surface area contributed by atoms with Gasteiger partial charge in [-0.2, -0.15) is 0 Å². The second-order valence-electron chi connectivity index (χ2n) is 2.73. The molecule has 1 amide bonds. The van der Waals surface area contributed by atoms with Crippen LogP contribution in [0, 0.1) is 0 Å². The smallest absolute Gasteiger partial charge is 0.411 e. The first kappa shape index (κ1) is 13.2. The molecule has 0 aliphatic carbocycles. The van der Waals surface area contributed by atoms with Crippen molar-refractivity contribution in [3.63, 3.8) is 0 Å². The fourth-order valence-electron chi connectivity index (χ4n) is 0.958. The van der Waals surface area contributed by atoms with Gasteiger partial charge in [-0.05, 0) is 13.0 Å². The highest BCUT2D eigenvalue weighted by Gasteiger charge is 2.15. The van der Waals surface area contributed by atoms with E-state index in [2.05, 4.69) is 10.1 Å². The summed E-state index contributed by atoms with van der Waals surface area (Å²) >= 11 is 17.1. The van der Waals surface area contributed by atoms with Crippen molar-refractivity contribution in [3.05, 3.63) is 21.1 Å². The number of amides is 1. The van der Waals surface area contributed by atoms with Crippen molar-refractivity contribution >= 4 is 46.6 Å². The third kappa shape index (κ3) is 2.84. The lowest BCUT2D eigenvalue weighted by Gasteiger charge is -2.10. The normalized spacial score (nSPS) is 10.0. The fourth-order valence-corrected chi connectivity index (χ4v) is 1.56. The van der Waals surface area contributed by atoms with Crippen molar-refractivity contribution in [2.75, 3.05) is 11.9 Å². The molecule has 0 aliphatic heterocycles. The van der Waals surface area contributed by atoms with Crippen LogP contribution >= 0.6 is 34.8 Å². The van der Waals surface area contributed by atoms with E-state index in [0.29, 0.717) is 0 Å². The number of anilines is 1. The monoisotopic (exact) mass is 283 g/mol. The molecule has 0 atom stereocenters. The Kier molecular flexibility index (Phi) is 4.53. The number of ether oxygens (including phenoxy) is 1. The van der Waals surface area contributed by atoms with Crippen LogP contribution in [-0.4, -0.2) is 17.8 Å². The molecule has 1 rings (SSSR count). The second-order valence-corrected chi connectivity index (χ2v) is 3.89. The first-order chi connectivity index (χ1) is 7.47. The zero-order valence-electron chi connectivity index (χ0n) is 8.18. The van der Waals surface area contributed by atoms with E-state index in [-0.39, 0.29) is 33.1 Å². The molecule has 0 unspecified atom stereocenters. The fraction of sp³-hybridized carbons (Fsp3) is 0.222. The molecule has 0 heterocycles. The van der Waals surface area contributed by atoms with E-state index in [0.717, 1.165) is 0 Å². The number of carbonyl (C=O) groups excluding carboxylic acids is 1. The van der Waals surface area contributed by atoms with Crippen LogP contribution in [0.4, 0.5) is 10.5 Å². The number of benzene rings is 1. The van der Waals surface area contributed by atoms with Crippen LogP contribution < -0.4 is 5.32 Å². The predicted molar refractivity (Wildman–Crippen MR) is 63.8 cm³/mol. The summed E-state index contributed by atoms with van der Waals surface area (Å²) in [6.07, 6.45) is -0.716. The Balaban J connectivity index is 3.02. The number of halogens is 3. The van der Waals surface area contributed by atoms with Gasteiger partial charge < -0.3 is 9.84 Å². The second kappa shape index (κ2) is 5.48. The van der Waals surface area contributed by atoms with Crippen molar-refractivity contribution < 1.29 is 14.6 Å². The molecule has 0 radical (unpaired) electrons. The van der Waals surface area contributed by atoms with Crippen LogP contribution in [0.2, 0.25) is 15.1 Å². The van der Waals surface area contributed by atoms with E-state index in [9.17, 15) is 9.90 Å². The number of rotatable bonds is 2. The highest BCUT2D eigenvalue weighted by atomic mass is 35.5. The van der Waals surface area contributed by atoms with Gasteiger partial charge >= 0.3 is 6.09 Å². The zero-order valence-corrected chi connectivity index (χ0v) is 10.4. The maximum Gasteiger partial charge on any atom is 0.411 e. The molecular weight excluding hydrogens is 276 g/mol. The summed E-state index contributed by atoms with van der Waals surface area (Å²) in [5, 5.41) is 11.9. The Morgan fingerprint density at radius 1 is 1.44 bits per heavy atom. The third-order valence-corrected chi connectivity index (χ3v) is 2.90. The third-order valence-electron chi connectivity index (χ3n) is 1.65. The van der Waals surface area contributed by atoms with Gasteiger partial charge in [0.05, 0.1) is 22.3 Å². The van der Waals surface area contributed by atoms with Crippen molar-refractivity contribution in [3.8, 4) is 5.75 Å². The van der Waals surface area contributed by atoms with E-state index >= 15 is 0 Å². The average molecular weight is 285 g/mol. The van der Waals surface area contributed by atoms with E-state index in [1.54, 1.807) is 6.92 Å². The van der Waals surface area contributed by atoms with Crippen LogP contribution in [0.15, 0.2) is 6.07 Å². The molecule has 0 saturated carbocycles. The molecule has 1 aromatic carbocycles. The summed E-state index contributed by atoms with van der Waals surface area (Å²) in [5.74, 6) is -0.357. The first-order valence-corrected chi connectivity index (χ1v) is 5.41. The standard InChI is InChI=1S/C9H8Cl3NO3/c1-2-16-9(15)13-5-3-4(10)6(11)7(12)8(5)14/h3,14H,2H2,1H3,(H,13,15). The van der Waals surface area contributed by atoms with Gasteiger partial charge in [0.25, 0.3) is 0 Å². The average Bonchev–Trinajstić information content (AvgIpc) is 2.23. The highest BCUT2D eigenvalue weighted by Crippen LogP contribution is 2.42. The van der Waals surface area contributed by atoms with Crippen molar-refractivity contribution in [2.45, 2.75) is 6.92 Å². The van der Waals surface area contributed by atoms with Gasteiger partial charge in [-0.1, -0.05) is 34.8 Å². The molecule has 4 nitrogen and oxygen atoms in total. The Morgan fingerprint density at radius 3 is 2.62 bits per heavy atom. The number of carbonyl (C=O) groups is 1. The van der Waals surface area contributed by atoms with Gasteiger partial charge in [-0.25, -0.2) is 4.79 Å². The minimum atomic E-state index is -0.716. The van der Waals surface area contributed by atoms with Crippen LogP contribution in [-0.2, 0) is 4.74 Å². The van der Waals surface area contributed by atoms with Crippen LogP contribution in [0.3, 0.4) is 0 Å². The van der Waals surface area contributed by atoms with Gasteiger partial charge in [0.1, 0.15) is 5.02 Å². The van der Waals surface area contributed by atoms with E-state index in [1.807, 2.05) is 0 Å². The molecule has 0 saturated heterocycles. The van der Waals surface area contributed by atoms with Crippen LogP contribution in [0.5, 0.6) is 5.75 Å². The Labute approximate surface area is 107 Å². The van der Waals surface area contributed by atoms with E-state index in [4.69, 9.17) is 34.8 Å². The number of aromatic hydroxyl groups is 1. The lowest BCUT2D eigenvalue weighted by atomic mass is 10.3. The maximum absolute atomic E-state index is 11.1. The molecule has 0 aliphatic rings. The minimum Gasteiger partial charge on any atom is -0.504 e. The minimum absolute atomic E-state index is 0.0234. The largest absolute Gasteiger partial charge is 0.504 e. The van der Waals surface area contributed by atoms with Crippen molar-refractivity contribution in [2.24, 2.45) is 0 Å². The molecule has 0 fully saturated rings. The van der Waals surface area contributed by atoms with Gasteiger partial charge in [0.15, 0.2) is 5.75 Å². The molecule has 7 heteroatoms. The summed E-state index contributed by atoms with van der Waals surface area (Å²) in [7, 11) is 0. The quantitative estimate of drug-likeness (QED) is 0.639. The first-order valence-electron chi connectivity index (χ1n) is 4.27. The molecule has 0 bridgehead atoms. The van der Waals surface area contributed by atoms with Crippen LogP contribution in [0.25, 0.3) is 0 Å². The molecule has 16 heavy (non-hydrogen) atoms. The lowest BCUT2D eigenvalue weighted by molar-refractivity contribution is 0.168. The van der Waals surface area contributed by atoms with E-state index in [1.165, 1.54) is 6.07 Å². The topological polar surface area (TPSA) is 58.6 Å². The Morgan fingerprint density at radius 2 is 2.06 bits per heavy atom. The van der Waals surface area contributed by atoms with E-state index < -0.39 is 6.09 Å². The van der Waals surface area contributed by atoms with Gasteiger partial charge in [0.2, 0.25) is 0 Å². The molecule has 0 spiro atoms. The number of phenolic OH excluding ortho intramolecular Hbond substituents is 1. The molecular formula is C9H8Cl3NO3. The molecule has 1 aromatic rings. The van der Waals surface area contributed by atoms with Gasteiger partial charge in [-0.15, -0.1) is 0 Å². The summed E-state index contributed by atoms with van der Waals surface area (Å²) in [5.41, 5.74) is 0.0397. The summed E-state index contributed by atoms with van der Waals surface area (Å²) in [6, 6.07) is 1.28. The number of hydrogen-bond donors (Lipinski definition) is 2. The van der Waals surface area contributed by atoms with Crippen molar-refractivity contribution in [1.82, 2.24) is 0 Å². The zero-order chi connectivity index (χ0) is 12.3. The Hall–Kier alpha value is -0.840. The number of nitrogens with one attached hydrogen (secondary N) is 1. The number of phenols is 1. The Bertz CT molecular complexity index is 423. The van der Waals surface area contributed by atoms with Gasteiger partial charge in [-0.3, -0.25) is 5.32 Å².